The molecule has 0 bridgehead atoms. The molecule has 0 fully saturated rings. The lowest BCUT2D eigenvalue weighted by Gasteiger charge is -2.04. The number of hydrogen-bond donors (Lipinski definition) is 2. The van der Waals surface area contributed by atoms with Gasteiger partial charge in [0.25, 0.3) is 5.91 Å². The van der Waals surface area contributed by atoms with Gasteiger partial charge in [0.15, 0.2) is 4.34 Å². The second-order valence-electron chi connectivity index (χ2n) is 5.13. The van der Waals surface area contributed by atoms with Crippen LogP contribution in [0.15, 0.2) is 52.9 Å². The van der Waals surface area contributed by atoms with Gasteiger partial charge in [0.2, 0.25) is 11.0 Å². The molecule has 27 heavy (non-hydrogen) atoms. The monoisotopic (exact) mass is 422 g/mol. The summed E-state index contributed by atoms with van der Waals surface area (Å²) < 4.78 is 14.3. The first kappa shape index (κ1) is 19.3. The van der Waals surface area contributed by atoms with E-state index in [1.165, 1.54) is 23.9 Å². The number of anilines is 2. The van der Waals surface area contributed by atoms with Gasteiger partial charge in [-0.15, -0.1) is 10.2 Å². The van der Waals surface area contributed by atoms with Crippen LogP contribution in [0.25, 0.3) is 0 Å². The Morgan fingerprint density at radius 2 is 1.85 bits per heavy atom. The maximum absolute atomic E-state index is 13.8. The minimum atomic E-state index is -0.725. The molecule has 2 N–H and O–H groups in total. The zero-order chi connectivity index (χ0) is 19.2. The van der Waals surface area contributed by atoms with Gasteiger partial charge in [-0.3, -0.25) is 14.9 Å². The molecule has 2 aromatic carbocycles. The molecular weight excluding hydrogens is 411 g/mol. The molecule has 2 amide bonds. The number of carbonyl (C=O) groups is 2. The fraction of sp³-hybridized carbons (Fsp3) is 0.0588. The molecule has 0 aliphatic heterocycles. The molecule has 0 spiro atoms. The largest absolute Gasteiger partial charge is 0.325 e. The summed E-state index contributed by atoms with van der Waals surface area (Å²) in [7, 11) is 0. The minimum absolute atomic E-state index is 0.00389. The van der Waals surface area contributed by atoms with Gasteiger partial charge in [-0.25, -0.2) is 4.39 Å². The van der Waals surface area contributed by atoms with Crippen molar-refractivity contribution in [2.75, 3.05) is 16.4 Å². The van der Waals surface area contributed by atoms with Crippen LogP contribution in [-0.4, -0.2) is 27.8 Å². The van der Waals surface area contributed by atoms with Crippen molar-refractivity contribution in [3.8, 4) is 0 Å². The van der Waals surface area contributed by atoms with Crippen molar-refractivity contribution in [3.63, 3.8) is 0 Å². The van der Waals surface area contributed by atoms with Gasteiger partial charge in [-0.2, -0.15) is 0 Å². The molecule has 0 unspecified atom stereocenters. The van der Waals surface area contributed by atoms with Crippen LogP contribution in [0, 0.1) is 5.82 Å². The average molecular weight is 423 g/mol. The van der Waals surface area contributed by atoms with E-state index in [1.807, 2.05) is 18.2 Å². The third-order valence-corrected chi connectivity index (χ3v) is 5.49. The average Bonchev–Trinajstić information content (AvgIpc) is 3.08. The molecule has 0 radical (unpaired) electrons. The minimum Gasteiger partial charge on any atom is -0.325 e. The maximum atomic E-state index is 13.8. The Bertz CT molecular complexity index is 948. The Hall–Kier alpha value is -2.49. The summed E-state index contributed by atoms with van der Waals surface area (Å²) in [5, 5.41) is 13.1. The third kappa shape index (κ3) is 5.25. The van der Waals surface area contributed by atoms with Crippen molar-refractivity contribution >= 4 is 57.3 Å². The first-order valence-electron chi connectivity index (χ1n) is 7.59. The number of nitrogens with one attached hydrogen (secondary N) is 2. The Labute approximate surface area is 167 Å². The van der Waals surface area contributed by atoms with E-state index >= 15 is 0 Å². The molecule has 1 aromatic heterocycles. The van der Waals surface area contributed by atoms with Crippen LogP contribution in [0.3, 0.4) is 0 Å². The molecule has 0 atom stereocenters. The molecule has 0 aliphatic carbocycles. The van der Waals surface area contributed by atoms with Gasteiger partial charge in [-0.05, 0) is 24.3 Å². The Morgan fingerprint density at radius 1 is 1.07 bits per heavy atom. The first-order chi connectivity index (χ1) is 13.0. The maximum Gasteiger partial charge on any atom is 0.261 e. The van der Waals surface area contributed by atoms with E-state index in [0.29, 0.717) is 10.0 Å². The molecule has 3 rings (SSSR count). The van der Waals surface area contributed by atoms with E-state index in [2.05, 4.69) is 20.8 Å². The highest BCUT2D eigenvalue weighted by molar-refractivity contribution is 8.01. The second kappa shape index (κ2) is 8.94. The van der Waals surface area contributed by atoms with Crippen LogP contribution in [0.1, 0.15) is 10.4 Å². The Balaban J connectivity index is 1.55. The fourth-order valence-electron chi connectivity index (χ4n) is 2.04. The van der Waals surface area contributed by atoms with E-state index in [9.17, 15) is 14.0 Å². The quantitative estimate of drug-likeness (QED) is 0.456. The predicted molar refractivity (Wildman–Crippen MR) is 105 cm³/mol. The summed E-state index contributed by atoms with van der Waals surface area (Å²) in [6, 6.07) is 13.1. The Kier molecular flexibility index (Phi) is 6.38. The van der Waals surface area contributed by atoms with Crippen molar-refractivity contribution in [2.45, 2.75) is 4.34 Å². The summed E-state index contributed by atoms with van der Waals surface area (Å²) in [6.45, 7) is 0. The molecule has 0 saturated heterocycles. The SMILES string of the molecule is O=C(CSc1nnc(NC(=O)c2c(F)cccc2Cl)s1)Nc1ccccc1. The zero-order valence-corrected chi connectivity index (χ0v) is 16.0. The topological polar surface area (TPSA) is 84.0 Å². The van der Waals surface area contributed by atoms with Crippen molar-refractivity contribution in [3.05, 3.63) is 64.9 Å². The number of hydrogen-bond acceptors (Lipinski definition) is 6. The van der Waals surface area contributed by atoms with Gasteiger partial charge in [0.05, 0.1) is 16.3 Å². The molecule has 10 heteroatoms. The van der Waals surface area contributed by atoms with E-state index in [-0.39, 0.29) is 27.4 Å². The van der Waals surface area contributed by atoms with Crippen LogP contribution in [0.2, 0.25) is 5.02 Å². The van der Waals surface area contributed by atoms with Gasteiger partial charge in [-0.1, -0.05) is 59.0 Å². The van der Waals surface area contributed by atoms with Crippen LogP contribution < -0.4 is 10.6 Å². The molecule has 1 heterocycles. The fourth-order valence-corrected chi connectivity index (χ4v) is 3.83. The summed E-state index contributed by atoms with van der Waals surface area (Å²) in [5.41, 5.74) is 0.445. The summed E-state index contributed by atoms with van der Waals surface area (Å²) in [6.07, 6.45) is 0. The molecule has 138 valence electrons. The zero-order valence-electron chi connectivity index (χ0n) is 13.6. The van der Waals surface area contributed by atoms with Gasteiger partial charge >= 0.3 is 0 Å². The number of rotatable bonds is 6. The summed E-state index contributed by atoms with van der Waals surface area (Å²) in [4.78, 5) is 24.1. The van der Waals surface area contributed by atoms with Crippen molar-refractivity contribution in [2.24, 2.45) is 0 Å². The highest BCUT2D eigenvalue weighted by Gasteiger charge is 2.18. The summed E-state index contributed by atoms with van der Waals surface area (Å²) in [5.74, 6) is -1.49. The molecule has 6 nitrogen and oxygen atoms in total. The molecular formula is C17H12ClFN4O2S2. The van der Waals surface area contributed by atoms with Crippen LogP contribution in [0.4, 0.5) is 15.2 Å². The van der Waals surface area contributed by atoms with Crippen LogP contribution in [0.5, 0.6) is 0 Å². The highest BCUT2D eigenvalue weighted by atomic mass is 35.5. The highest BCUT2D eigenvalue weighted by Crippen LogP contribution is 2.27. The van der Waals surface area contributed by atoms with Gasteiger partial charge in [0.1, 0.15) is 5.82 Å². The Morgan fingerprint density at radius 3 is 2.59 bits per heavy atom. The van der Waals surface area contributed by atoms with Crippen molar-refractivity contribution in [1.82, 2.24) is 10.2 Å². The lowest BCUT2D eigenvalue weighted by Crippen LogP contribution is -2.14. The number of amides is 2. The predicted octanol–water partition coefficient (Wildman–Crippen LogP) is 4.31. The lowest BCUT2D eigenvalue weighted by molar-refractivity contribution is -0.113. The number of aromatic nitrogens is 2. The van der Waals surface area contributed by atoms with Gasteiger partial charge < -0.3 is 5.32 Å². The first-order valence-corrected chi connectivity index (χ1v) is 9.77. The molecule has 0 aliphatic rings. The standard InChI is InChI=1S/C17H12ClFN4O2S2/c18-11-7-4-8-12(19)14(11)15(25)21-16-22-23-17(27-16)26-9-13(24)20-10-5-2-1-3-6-10/h1-8H,9H2,(H,20,24)(H,21,22,25). The van der Waals surface area contributed by atoms with Gasteiger partial charge in [0, 0.05) is 5.69 Å². The third-order valence-electron chi connectivity index (χ3n) is 3.20. The molecule has 0 saturated carbocycles. The number of nitrogens with zero attached hydrogens (tertiary/aromatic N) is 2. The normalized spacial score (nSPS) is 10.4. The second-order valence-corrected chi connectivity index (χ2v) is 7.73. The van der Waals surface area contributed by atoms with E-state index in [4.69, 9.17) is 11.6 Å². The van der Waals surface area contributed by atoms with E-state index in [0.717, 1.165) is 17.4 Å². The smallest absolute Gasteiger partial charge is 0.261 e. The van der Waals surface area contributed by atoms with E-state index < -0.39 is 11.7 Å². The van der Waals surface area contributed by atoms with Crippen molar-refractivity contribution in [1.29, 1.82) is 0 Å². The summed E-state index contributed by atoms with van der Waals surface area (Å²) >= 11 is 8.12. The number of thioether (sulfide) groups is 1. The number of para-hydroxylation sites is 1. The number of benzene rings is 2. The van der Waals surface area contributed by atoms with Crippen LogP contribution >= 0.6 is 34.7 Å². The van der Waals surface area contributed by atoms with Crippen LogP contribution in [-0.2, 0) is 4.79 Å². The van der Waals surface area contributed by atoms with E-state index in [1.54, 1.807) is 12.1 Å². The number of halogens is 2. The molecule has 3 aromatic rings. The number of carbonyl (C=O) groups excluding carboxylic acids is 2. The lowest BCUT2D eigenvalue weighted by atomic mass is 10.2. The van der Waals surface area contributed by atoms with Crippen molar-refractivity contribution < 1.29 is 14.0 Å².